The molecule has 6 heteroatoms. The van der Waals surface area contributed by atoms with E-state index >= 15 is 0 Å². The van der Waals surface area contributed by atoms with Crippen LogP contribution in [-0.2, 0) is 10.8 Å². The second-order valence-electron chi connectivity index (χ2n) is 7.45. The van der Waals surface area contributed by atoms with E-state index in [4.69, 9.17) is 0 Å². The molecule has 0 bridgehead atoms. The molecular weight excluding hydrogens is 332 g/mol. The Hall–Kier alpha value is -1.56. The number of nitrogens with zero attached hydrogens (tertiary/aromatic N) is 3. The van der Waals surface area contributed by atoms with Crippen LogP contribution in [0.3, 0.4) is 0 Å². The van der Waals surface area contributed by atoms with Crippen molar-refractivity contribution in [2.45, 2.75) is 32.4 Å². The minimum atomic E-state index is -0.838. The molecular formula is C19H32N4OS. The van der Waals surface area contributed by atoms with E-state index in [-0.39, 0.29) is 4.75 Å². The topological polar surface area (TPSA) is 47.9 Å². The quantitative estimate of drug-likeness (QED) is 0.657. The molecule has 140 valence electrons. The zero-order chi connectivity index (χ0) is 18.4. The Morgan fingerprint density at radius 2 is 1.92 bits per heavy atom. The van der Waals surface area contributed by atoms with Gasteiger partial charge in [-0.15, -0.1) is 0 Å². The summed E-state index contributed by atoms with van der Waals surface area (Å²) in [4.78, 5) is 9.10. The van der Waals surface area contributed by atoms with E-state index in [1.807, 2.05) is 27.8 Å². The van der Waals surface area contributed by atoms with Gasteiger partial charge in [-0.1, -0.05) is 12.1 Å². The summed E-state index contributed by atoms with van der Waals surface area (Å²) in [7, 11) is 0.978. The van der Waals surface area contributed by atoms with Crippen LogP contribution >= 0.6 is 0 Å². The minimum absolute atomic E-state index is 0.162. The maximum Gasteiger partial charge on any atom is 0.193 e. The largest absolute Gasteiger partial charge is 0.368 e. The highest BCUT2D eigenvalue weighted by Gasteiger charge is 2.21. The predicted molar refractivity (Wildman–Crippen MR) is 109 cm³/mol. The number of guanidine groups is 1. The van der Waals surface area contributed by atoms with E-state index in [2.05, 4.69) is 51.3 Å². The van der Waals surface area contributed by atoms with Crippen LogP contribution < -0.4 is 10.2 Å². The van der Waals surface area contributed by atoms with E-state index in [1.165, 1.54) is 11.3 Å². The molecule has 25 heavy (non-hydrogen) atoms. The van der Waals surface area contributed by atoms with E-state index in [0.717, 1.165) is 32.1 Å². The smallest absolute Gasteiger partial charge is 0.193 e. The summed E-state index contributed by atoms with van der Waals surface area (Å²) in [6.07, 6.45) is 0. The third kappa shape index (κ3) is 5.73. The molecule has 1 aromatic carbocycles. The first-order valence-corrected chi connectivity index (χ1v) is 10.3. The van der Waals surface area contributed by atoms with Crippen LogP contribution in [0.5, 0.6) is 0 Å². The van der Waals surface area contributed by atoms with Gasteiger partial charge in [0.2, 0.25) is 0 Å². The first-order valence-electron chi connectivity index (χ1n) is 8.97. The normalized spacial score (nSPS) is 17.6. The van der Waals surface area contributed by atoms with Crippen LogP contribution in [0.15, 0.2) is 29.3 Å². The van der Waals surface area contributed by atoms with E-state index in [0.29, 0.717) is 12.3 Å². The molecule has 0 radical (unpaired) electrons. The van der Waals surface area contributed by atoms with E-state index in [1.54, 1.807) is 0 Å². The van der Waals surface area contributed by atoms with Gasteiger partial charge in [0, 0.05) is 66.8 Å². The molecule has 0 aliphatic carbocycles. The van der Waals surface area contributed by atoms with Crippen molar-refractivity contribution in [2.24, 2.45) is 4.99 Å². The summed E-state index contributed by atoms with van der Waals surface area (Å²) in [6.45, 7) is 12.7. The summed E-state index contributed by atoms with van der Waals surface area (Å²) < 4.78 is 12.0. The van der Waals surface area contributed by atoms with Gasteiger partial charge in [0.25, 0.3) is 0 Å². The van der Waals surface area contributed by atoms with Crippen molar-refractivity contribution in [3.05, 3.63) is 29.8 Å². The average molecular weight is 365 g/mol. The molecule has 1 aromatic rings. The van der Waals surface area contributed by atoms with Gasteiger partial charge < -0.3 is 15.1 Å². The van der Waals surface area contributed by atoms with Gasteiger partial charge in [-0.25, -0.2) is 0 Å². The molecule has 1 aliphatic rings. The van der Waals surface area contributed by atoms with E-state index < -0.39 is 10.8 Å². The Balaban J connectivity index is 1.83. The van der Waals surface area contributed by atoms with Crippen molar-refractivity contribution >= 4 is 22.4 Å². The van der Waals surface area contributed by atoms with Gasteiger partial charge in [-0.2, -0.15) is 0 Å². The number of anilines is 1. The highest BCUT2D eigenvalue weighted by molar-refractivity contribution is 7.86. The molecule has 0 amide bonds. The predicted octanol–water partition coefficient (Wildman–Crippen LogP) is 2.24. The van der Waals surface area contributed by atoms with Gasteiger partial charge >= 0.3 is 0 Å². The van der Waals surface area contributed by atoms with Crippen molar-refractivity contribution < 1.29 is 4.21 Å². The molecule has 2 rings (SSSR count). The molecule has 0 saturated carbocycles. The van der Waals surface area contributed by atoms with Crippen LogP contribution in [-0.4, -0.2) is 65.3 Å². The van der Waals surface area contributed by atoms with Gasteiger partial charge in [0.05, 0.1) is 0 Å². The first kappa shape index (κ1) is 19.8. The molecule has 1 saturated heterocycles. The molecule has 5 nitrogen and oxygen atoms in total. The first-order chi connectivity index (χ1) is 11.8. The Morgan fingerprint density at radius 3 is 2.48 bits per heavy atom. The third-order valence-electron chi connectivity index (χ3n) is 4.41. The number of aliphatic imine (C=N–C) groups is 1. The summed E-state index contributed by atoms with van der Waals surface area (Å²) in [5.74, 6) is 1.56. The summed E-state index contributed by atoms with van der Waals surface area (Å²) in [5, 5.41) is 3.37. The number of rotatable bonds is 4. The van der Waals surface area contributed by atoms with Crippen molar-refractivity contribution in [3.63, 3.8) is 0 Å². The number of hydrogen-bond acceptors (Lipinski definition) is 3. The van der Waals surface area contributed by atoms with Crippen LogP contribution in [0, 0.1) is 6.92 Å². The van der Waals surface area contributed by atoms with Crippen molar-refractivity contribution in [1.29, 1.82) is 0 Å². The molecule has 0 spiro atoms. The Morgan fingerprint density at radius 1 is 1.24 bits per heavy atom. The van der Waals surface area contributed by atoms with E-state index in [9.17, 15) is 4.21 Å². The lowest BCUT2D eigenvalue weighted by atomic mass is 10.2. The van der Waals surface area contributed by atoms with Gasteiger partial charge in [-0.3, -0.25) is 9.20 Å². The summed E-state index contributed by atoms with van der Waals surface area (Å²) >= 11 is 0. The summed E-state index contributed by atoms with van der Waals surface area (Å²) in [5.41, 5.74) is 2.59. The molecule has 0 aromatic heterocycles. The fraction of sp³-hybridized carbons (Fsp3) is 0.632. The highest BCUT2D eigenvalue weighted by atomic mass is 32.2. The minimum Gasteiger partial charge on any atom is -0.368 e. The van der Waals surface area contributed by atoms with Crippen LogP contribution in [0.1, 0.15) is 26.3 Å². The second kappa shape index (κ2) is 8.70. The number of nitrogens with one attached hydrogen (secondary N) is 1. The van der Waals surface area contributed by atoms with Crippen LogP contribution in [0.25, 0.3) is 0 Å². The molecule has 1 fully saturated rings. The van der Waals surface area contributed by atoms with Gasteiger partial charge in [-0.05, 0) is 45.4 Å². The molecule has 1 heterocycles. The Kier molecular flexibility index (Phi) is 6.87. The molecule has 1 atom stereocenters. The summed E-state index contributed by atoms with van der Waals surface area (Å²) in [6, 6.07) is 8.67. The van der Waals surface area contributed by atoms with Crippen molar-refractivity contribution in [3.8, 4) is 0 Å². The lowest BCUT2D eigenvalue weighted by Gasteiger charge is -2.37. The van der Waals surface area contributed by atoms with Gasteiger partial charge in [0.1, 0.15) is 0 Å². The van der Waals surface area contributed by atoms with Gasteiger partial charge in [0.15, 0.2) is 5.96 Å². The maximum atomic E-state index is 12.1. The van der Waals surface area contributed by atoms with Crippen molar-refractivity contribution in [1.82, 2.24) is 10.2 Å². The van der Waals surface area contributed by atoms with Crippen LogP contribution in [0.2, 0.25) is 0 Å². The standard InChI is InChI=1S/C19H32N4OS/c1-16-7-6-8-17(15-16)22-10-12-23(13-11-22)18(20-5)21-9-14-25(24)19(2,3)4/h6-8,15H,9-14H2,1-5H3,(H,20,21). The molecule has 1 unspecified atom stereocenters. The fourth-order valence-electron chi connectivity index (χ4n) is 2.90. The molecule has 1 N–H and O–H groups in total. The average Bonchev–Trinajstić information content (AvgIpc) is 2.58. The SMILES string of the molecule is CN=C(NCCS(=O)C(C)(C)C)N1CCN(c2cccc(C)c2)CC1. The Labute approximate surface area is 155 Å². The number of hydrogen-bond donors (Lipinski definition) is 1. The highest BCUT2D eigenvalue weighted by Crippen LogP contribution is 2.17. The lowest BCUT2D eigenvalue weighted by Crippen LogP contribution is -2.53. The number of piperazine rings is 1. The lowest BCUT2D eigenvalue weighted by molar-refractivity contribution is 0.373. The number of aryl methyl sites for hydroxylation is 1. The zero-order valence-electron chi connectivity index (χ0n) is 16.2. The van der Waals surface area contributed by atoms with Crippen LogP contribution in [0.4, 0.5) is 5.69 Å². The zero-order valence-corrected chi connectivity index (χ0v) is 17.0. The second-order valence-corrected chi connectivity index (χ2v) is 9.77. The maximum absolute atomic E-state index is 12.1. The number of benzene rings is 1. The monoisotopic (exact) mass is 364 g/mol. The Bertz CT molecular complexity index is 616. The van der Waals surface area contributed by atoms with Crippen molar-refractivity contribution in [2.75, 3.05) is 50.4 Å². The fourth-order valence-corrected chi connectivity index (χ4v) is 3.79. The molecule has 1 aliphatic heterocycles. The third-order valence-corrected chi connectivity index (χ3v) is 6.35.